The van der Waals surface area contributed by atoms with Gasteiger partial charge < -0.3 is 0 Å². The van der Waals surface area contributed by atoms with Crippen LogP contribution in [0.1, 0.15) is 48.1 Å². The van der Waals surface area contributed by atoms with Crippen LogP contribution < -0.4 is 0 Å². The minimum Gasteiger partial charge on any atom is -0.296 e. The van der Waals surface area contributed by atoms with Crippen molar-refractivity contribution in [3.63, 3.8) is 0 Å². The van der Waals surface area contributed by atoms with Crippen molar-refractivity contribution < 1.29 is 9.72 Å². The van der Waals surface area contributed by atoms with Gasteiger partial charge in [0.1, 0.15) is 16.4 Å². The molecular weight excluding hydrogens is 328 g/mol. The second-order valence-corrected chi connectivity index (χ2v) is 6.40. The molecule has 0 unspecified atom stereocenters. The van der Waals surface area contributed by atoms with Crippen molar-refractivity contribution in [3.8, 4) is 11.3 Å². The molecule has 3 rings (SSSR count). The van der Waals surface area contributed by atoms with Gasteiger partial charge in [0.15, 0.2) is 6.29 Å². The van der Waals surface area contributed by atoms with E-state index in [2.05, 4.69) is 23.9 Å². The lowest BCUT2D eigenvalue weighted by Gasteiger charge is -2.06. The topological polar surface area (TPSA) is 90.4 Å². The van der Waals surface area contributed by atoms with Crippen LogP contribution in [0.5, 0.6) is 0 Å². The Morgan fingerprint density at radius 3 is 2.50 bits per heavy atom. The molecule has 0 bridgehead atoms. The first-order valence-corrected chi connectivity index (χ1v) is 8.50. The van der Waals surface area contributed by atoms with Crippen LogP contribution in [0.4, 0.5) is 5.69 Å². The summed E-state index contributed by atoms with van der Waals surface area (Å²) in [4.78, 5) is 27.0. The second-order valence-electron chi connectivity index (χ2n) is 5.42. The standard InChI is InChI=1S/C16H16N4O3S/c1-3-10(4-2)15-18-19-13(9-21)14(17-16(19)24-15)11-5-7-12(8-6-11)20(22)23/h5-10H,3-4H2,1-2H3. The Hall–Kier alpha value is -2.61. The maximum Gasteiger partial charge on any atom is 0.269 e. The number of hydrogen-bond acceptors (Lipinski definition) is 6. The summed E-state index contributed by atoms with van der Waals surface area (Å²) in [5, 5.41) is 16.3. The summed E-state index contributed by atoms with van der Waals surface area (Å²) in [6, 6.07) is 6.00. The third kappa shape index (κ3) is 2.69. The third-order valence-corrected chi connectivity index (χ3v) is 5.12. The normalized spacial score (nSPS) is 11.3. The Bertz CT molecular complexity index is 894. The Morgan fingerprint density at radius 2 is 1.96 bits per heavy atom. The lowest BCUT2D eigenvalue weighted by atomic mass is 10.1. The van der Waals surface area contributed by atoms with Crippen LogP contribution in [-0.4, -0.2) is 25.8 Å². The van der Waals surface area contributed by atoms with Crippen LogP contribution in [0.3, 0.4) is 0 Å². The predicted octanol–water partition coefficient (Wildman–Crippen LogP) is 4.08. The van der Waals surface area contributed by atoms with Gasteiger partial charge in [-0.15, -0.1) is 0 Å². The minimum atomic E-state index is -0.459. The van der Waals surface area contributed by atoms with E-state index in [0.29, 0.717) is 27.8 Å². The number of fused-ring (bicyclic) bond motifs is 1. The number of nitro groups is 1. The van der Waals surface area contributed by atoms with E-state index in [0.717, 1.165) is 24.1 Å². The van der Waals surface area contributed by atoms with Gasteiger partial charge in [0.05, 0.1) is 4.92 Å². The summed E-state index contributed by atoms with van der Waals surface area (Å²) in [7, 11) is 0. The third-order valence-electron chi connectivity index (χ3n) is 4.05. The number of nitrogens with zero attached hydrogens (tertiary/aromatic N) is 4. The Morgan fingerprint density at radius 1 is 1.29 bits per heavy atom. The highest BCUT2D eigenvalue weighted by Crippen LogP contribution is 2.31. The van der Waals surface area contributed by atoms with E-state index in [4.69, 9.17) is 0 Å². The summed E-state index contributed by atoms with van der Waals surface area (Å²) >= 11 is 1.48. The SMILES string of the molecule is CCC(CC)c1nn2c(C=O)c(-c3ccc([N+](=O)[O-])cc3)nc2s1. The summed E-state index contributed by atoms with van der Waals surface area (Å²) in [5.74, 6) is 0.360. The highest BCUT2D eigenvalue weighted by molar-refractivity contribution is 7.16. The van der Waals surface area contributed by atoms with Crippen molar-refractivity contribution in [1.29, 1.82) is 0 Å². The van der Waals surface area contributed by atoms with Crippen LogP contribution in [0.2, 0.25) is 0 Å². The van der Waals surface area contributed by atoms with Gasteiger partial charge in [-0.2, -0.15) is 9.61 Å². The van der Waals surface area contributed by atoms with Crippen LogP contribution in [0, 0.1) is 10.1 Å². The Labute approximate surface area is 142 Å². The van der Waals surface area contributed by atoms with Gasteiger partial charge in [0.2, 0.25) is 4.96 Å². The number of rotatable bonds is 6. The van der Waals surface area contributed by atoms with Crippen LogP contribution in [-0.2, 0) is 0 Å². The molecule has 0 aliphatic carbocycles. The van der Waals surface area contributed by atoms with E-state index < -0.39 is 4.92 Å². The highest BCUT2D eigenvalue weighted by atomic mass is 32.1. The first-order chi connectivity index (χ1) is 11.6. The fourth-order valence-corrected chi connectivity index (χ4v) is 3.81. The van der Waals surface area contributed by atoms with Gasteiger partial charge in [0.25, 0.3) is 5.69 Å². The molecule has 1 aromatic carbocycles. The van der Waals surface area contributed by atoms with Crippen LogP contribution in [0.25, 0.3) is 16.2 Å². The molecule has 0 saturated heterocycles. The molecular formula is C16H16N4O3S. The fourth-order valence-electron chi connectivity index (χ4n) is 2.64. The zero-order valence-electron chi connectivity index (χ0n) is 13.3. The molecule has 8 heteroatoms. The van der Waals surface area contributed by atoms with Gasteiger partial charge in [-0.1, -0.05) is 25.2 Å². The number of benzene rings is 1. The molecule has 0 N–H and O–H groups in total. The molecule has 0 aliphatic rings. The molecule has 24 heavy (non-hydrogen) atoms. The molecule has 2 heterocycles. The number of aldehydes is 1. The highest BCUT2D eigenvalue weighted by Gasteiger charge is 2.20. The monoisotopic (exact) mass is 344 g/mol. The zero-order valence-corrected chi connectivity index (χ0v) is 14.1. The largest absolute Gasteiger partial charge is 0.296 e. The van der Waals surface area contributed by atoms with E-state index in [1.807, 2.05) is 0 Å². The number of nitro benzene ring substituents is 1. The van der Waals surface area contributed by atoms with Crippen molar-refractivity contribution in [2.75, 3.05) is 0 Å². The minimum absolute atomic E-state index is 0.00145. The van der Waals surface area contributed by atoms with Crippen molar-refractivity contribution in [1.82, 2.24) is 14.6 Å². The Balaban J connectivity index is 2.07. The fraction of sp³-hybridized carbons (Fsp3) is 0.312. The average Bonchev–Trinajstić information content (AvgIpc) is 3.13. The first kappa shape index (κ1) is 16.3. The number of carbonyl (C=O) groups is 1. The summed E-state index contributed by atoms with van der Waals surface area (Å²) in [5.41, 5.74) is 1.52. The smallest absolute Gasteiger partial charge is 0.269 e. The zero-order chi connectivity index (χ0) is 17.3. The Kier molecular flexibility index (Phi) is 4.39. The second kappa shape index (κ2) is 6.48. The molecule has 2 aromatic heterocycles. The maximum absolute atomic E-state index is 11.6. The molecule has 0 atom stereocenters. The van der Waals surface area contributed by atoms with Gasteiger partial charge in [0, 0.05) is 23.6 Å². The van der Waals surface area contributed by atoms with Crippen molar-refractivity contribution >= 4 is 28.3 Å². The van der Waals surface area contributed by atoms with Crippen LogP contribution in [0.15, 0.2) is 24.3 Å². The number of carbonyl (C=O) groups excluding carboxylic acids is 1. The first-order valence-electron chi connectivity index (χ1n) is 7.68. The van der Waals surface area contributed by atoms with Gasteiger partial charge >= 0.3 is 0 Å². The lowest BCUT2D eigenvalue weighted by Crippen LogP contribution is -1.99. The molecule has 0 radical (unpaired) electrons. The van der Waals surface area contributed by atoms with E-state index in [-0.39, 0.29) is 5.69 Å². The maximum atomic E-state index is 11.6. The summed E-state index contributed by atoms with van der Waals surface area (Å²) < 4.78 is 1.57. The molecule has 0 amide bonds. The number of imidazole rings is 1. The molecule has 0 saturated carbocycles. The predicted molar refractivity (Wildman–Crippen MR) is 91.7 cm³/mol. The van der Waals surface area contributed by atoms with Crippen LogP contribution >= 0.6 is 11.3 Å². The van der Waals surface area contributed by atoms with Crippen molar-refractivity contribution in [2.45, 2.75) is 32.6 Å². The lowest BCUT2D eigenvalue weighted by molar-refractivity contribution is -0.384. The molecule has 0 fully saturated rings. The molecule has 124 valence electrons. The molecule has 0 spiro atoms. The molecule has 7 nitrogen and oxygen atoms in total. The van der Waals surface area contributed by atoms with E-state index >= 15 is 0 Å². The van der Waals surface area contributed by atoms with Gasteiger partial charge in [-0.25, -0.2) is 4.98 Å². The number of non-ortho nitro benzene ring substituents is 1. The van der Waals surface area contributed by atoms with Crippen molar-refractivity contribution in [2.24, 2.45) is 0 Å². The molecule has 3 aromatic rings. The molecule has 0 aliphatic heterocycles. The van der Waals surface area contributed by atoms with Gasteiger partial charge in [-0.05, 0) is 25.0 Å². The number of hydrogen-bond donors (Lipinski definition) is 0. The van der Waals surface area contributed by atoms with Gasteiger partial charge in [-0.3, -0.25) is 14.9 Å². The quantitative estimate of drug-likeness (QED) is 0.382. The van der Waals surface area contributed by atoms with Crippen molar-refractivity contribution in [3.05, 3.63) is 45.1 Å². The summed E-state index contributed by atoms with van der Waals surface area (Å²) in [6.07, 6.45) is 2.70. The number of aromatic nitrogens is 3. The van der Waals surface area contributed by atoms with E-state index in [9.17, 15) is 14.9 Å². The van der Waals surface area contributed by atoms with E-state index in [1.54, 1.807) is 16.6 Å². The van der Waals surface area contributed by atoms with E-state index in [1.165, 1.54) is 23.5 Å². The summed E-state index contributed by atoms with van der Waals surface area (Å²) in [6.45, 7) is 4.22. The average molecular weight is 344 g/mol.